The lowest BCUT2D eigenvalue weighted by atomic mass is 10.0. The van der Waals surface area contributed by atoms with Crippen LogP contribution in [-0.2, 0) is 28.6 Å². The molecule has 1 atom stereocenters. The molecule has 0 aliphatic heterocycles. The largest absolute Gasteiger partial charge is 0.462 e. The van der Waals surface area contributed by atoms with E-state index in [0.717, 1.165) is 122 Å². The smallest absolute Gasteiger partial charge is 0.306 e. The summed E-state index contributed by atoms with van der Waals surface area (Å²) in [4.78, 5) is 38.1. The molecule has 1 unspecified atom stereocenters. The van der Waals surface area contributed by atoms with Crippen LogP contribution < -0.4 is 0 Å². The van der Waals surface area contributed by atoms with E-state index in [0.29, 0.717) is 19.3 Å². The molecule has 0 rings (SSSR count). The maximum Gasteiger partial charge on any atom is 0.306 e. The predicted octanol–water partition coefficient (Wildman–Crippen LogP) is 20.7. The molecule has 6 nitrogen and oxygen atoms in total. The summed E-state index contributed by atoms with van der Waals surface area (Å²) in [7, 11) is 0. The molecular weight excluding hydrogens is 901 g/mol. The first-order chi connectivity index (χ1) is 36.0. The molecule has 0 fully saturated rings. The minimum absolute atomic E-state index is 0.0857. The molecule has 0 saturated carbocycles. The fourth-order valence-electron chi connectivity index (χ4n) is 8.26. The van der Waals surface area contributed by atoms with Crippen LogP contribution in [0.1, 0.15) is 278 Å². The molecule has 0 aromatic carbocycles. The summed E-state index contributed by atoms with van der Waals surface area (Å²) in [5, 5.41) is 0. The topological polar surface area (TPSA) is 78.9 Å². The van der Waals surface area contributed by atoms with E-state index in [4.69, 9.17) is 14.2 Å². The van der Waals surface area contributed by atoms with Gasteiger partial charge in [-0.05, 0) is 89.9 Å². The molecule has 0 N–H and O–H groups in total. The lowest BCUT2D eigenvalue weighted by Crippen LogP contribution is -2.30. The van der Waals surface area contributed by atoms with E-state index < -0.39 is 6.10 Å². The highest BCUT2D eigenvalue weighted by molar-refractivity contribution is 5.71. The molecule has 73 heavy (non-hydrogen) atoms. The second-order valence-corrected chi connectivity index (χ2v) is 19.9. The van der Waals surface area contributed by atoms with Crippen LogP contribution in [0.3, 0.4) is 0 Å². The van der Waals surface area contributed by atoms with Gasteiger partial charge < -0.3 is 14.2 Å². The van der Waals surface area contributed by atoms with E-state index >= 15 is 0 Å². The number of unbranched alkanes of at least 4 members (excludes halogenated alkanes) is 25. The van der Waals surface area contributed by atoms with Crippen molar-refractivity contribution in [3.8, 4) is 0 Å². The van der Waals surface area contributed by atoms with E-state index in [1.807, 2.05) is 0 Å². The molecule has 0 aromatic heterocycles. The van der Waals surface area contributed by atoms with Crippen LogP contribution in [0, 0.1) is 0 Å². The Balaban J connectivity index is 4.30. The van der Waals surface area contributed by atoms with Gasteiger partial charge in [0, 0.05) is 19.3 Å². The van der Waals surface area contributed by atoms with Crippen molar-refractivity contribution in [1.29, 1.82) is 0 Å². The summed E-state index contributed by atoms with van der Waals surface area (Å²) in [5.74, 6) is -0.917. The third-order valence-corrected chi connectivity index (χ3v) is 12.8. The Bertz CT molecular complexity index is 1490. The Morgan fingerprint density at radius 1 is 0.288 bits per heavy atom. The number of hydrogen-bond acceptors (Lipinski definition) is 6. The van der Waals surface area contributed by atoms with Crippen molar-refractivity contribution in [2.45, 2.75) is 284 Å². The quantitative estimate of drug-likeness (QED) is 0.0261. The molecule has 0 bridgehead atoms. The van der Waals surface area contributed by atoms with Gasteiger partial charge in [0.1, 0.15) is 13.2 Å². The van der Waals surface area contributed by atoms with Crippen molar-refractivity contribution in [2.75, 3.05) is 13.2 Å². The number of esters is 3. The zero-order valence-corrected chi connectivity index (χ0v) is 47.6. The number of rotatable bonds is 54. The molecule has 0 saturated heterocycles. The van der Waals surface area contributed by atoms with Crippen molar-refractivity contribution >= 4 is 17.9 Å². The van der Waals surface area contributed by atoms with E-state index in [-0.39, 0.29) is 31.1 Å². The summed E-state index contributed by atoms with van der Waals surface area (Å²) in [6.07, 6.45) is 82.4. The Morgan fingerprint density at radius 2 is 0.534 bits per heavy atom. The first-order valence-corrected chi connectivity index (χ1v) is 30.4. The van der Waals surface area contributed by atoms with Gasteiger partial charge in [-0.1, -0.05) is 278 Å². The highest BCUT2D eigenvalue weighted by atomic mass is 16.6. The molecule has 0 radical (unpaired) electrons. The Labute approximate surface area is 450 Å². The average Bonchev–Trinajstić information content (AvgIpc) is 3.39. The summed E-state index contributed by atoms with van der Waals surface area (Å²) >= 11 is 0. The van der Waals surface area contributed by atoms with Gasteiger partial charge in [-0.3, -0.25) is 14.4 Å². The van der Waals surface area contributed by atoms with Gasteiger partial charge in [-0.25, -0.2) is 0 Å². The molecule has 0 spiro atoms. The Morgan fingerprint density at radius 3 is 0.836 bits per heavy atom. The van der Waals surface area contributed by atoms with Crippen molar-refractivity contribution in [3.63, 3.8) is 0 Å². The number of carbonyl (C=O) groups excluding carboxylic acids is 3. The minimum atomic E-state index is -0.789. The molecule has 0 aliphatic rings. The lowest BCUT2D eigenvalue weighted by Gasteiger charge is -2.18. The first-order valence-electron chi connectivity index (χ1n) is 30.4. The van der Waals surface area contributed by atoms with Crippen LogP contribution in [0.15, 0.2) is 109 Å². The van der Waals surface area contributed by atoms with Gasteiger partial charge in [-0.15, -0.1) is 0 Å². The van der Waals surface area contributed by atoms with Crippen LogP contribution in [0.5, 0.6) is 0 Å². The summed E-state index contributed by atoms with van der Waals surface area (Å²) in [6, 6.07) is 0. The maximum atomic E-state index is 12.8. The van der Waals surface area contributed by atoms with Crippen LogP contribution >= 0.6 is 0 Å². The predicted molar refractivity (Wildman–Crippen MR) is 316 cm³/mol. The molecule has 0 aliphatic carbocycles. The Hall–Kier alpha value is -3.93. The fraction of sp³-hybridized carbons (Fsp3) is 0.687. The van der Waals surface area contributed by atoms with Crippen molar-refractivity contribution in [3.05, 3.63) is 109 Å². The van der Waals surface area contributed by atoms with Gasteiger partial charge in [0.2, 0.25) is 0 Å². The zero-order chi connectivity index (χ0) is 52.9. The van der Waals surface area contributed by atoms with Crippen molar-refractivity contribution < 1.29 is 28.6 Å². The summed E-state index contributed by atoms with van der Waals surface area (Å²) in [5.41, 5.74) is 0. The van der Waals surface area contributed by atoms with Crippen molar-refractivity contribution in [2.24, 2.45) is 0 Å². The van der Waals surface area contributed by atoms with Crippen LogP contribution in [-0.4, -0.2) is 37.2 Å². The maximum absolute atomic E-state index is 12.8. The number of hydrogen-bond donors (Lipinski definition) is 0. The zero-order valence-electron chi connectivity index (χ0n) is 47.6. The molecule has 0 aromatic rings. The monoisotopic (exact) mass is 1010 g/mol. The fourth-order valence-corrected chi connectivity index (χ4v) is 8.26. The van der Waals surface area contributed by atoms with E-state index in [1.165, 1.54) is 116 Å². The second-order valence-electron chi connectivity index (χ2n) is 19.9. The number of allylic oxidation sites excluding steroid dienone is 18. The first kappa shape index (κ1) is 69.1. The molecule has 6 heteroatoms. The van der Waals surface area contributed by atoms with Gasteiger partial charge in [0.15, 0.2) is 6.10 Å². The average molecular weight is 1010 g/mol. The summed E-state index contributed by atoms with van der Waals surface area (Å²) in [6.45, 7) is 6.49. The second kappa shape index (κ2) is 60.6. The minimum Gasteiger partial charge on any atom is -0.462 e. The highest BCUT2D eigenvalue weighted by Gasteiger charge is 2.19. The van der Waals surface area contributed by atoms with Crippen LogP contribution in [0.2, 0.25) is 0 Å². The molecular formula is C67H112O6. The molecule has 0 amide bonds. The van der Waals surface area contributed by atoms with Crippen molar-refractivity contribution in [1.82, 2.24) is 0 Å². The normalized spacial score (nSPS) is 12.9. The number of carbonyl (C=O) groups is 3. The lowest BCUT2D eigenvalue weighted by molar-refractivity contribution is -0.167. The Kier molecular flexibility index (Phi) is 57.4. The third-order valence-electron chi connectivity index (χ3n) is 12.8. The van der Waals surface area contributed by atoms with E-state index in [1.54, 1.807) is 0 Å². The summed E-state index contributed by atoms with van der Waals surface area (Å²) < 4.78 is 16.8. The SMILES string of the molecule is CC/C=C\C/C=C\C/C=C\C/C=C\C/C=C\C/C=C\C/C=C\C/C=C\C/C=C\CCCCCC(=O)OCC(COC(=O)CCCCCCCCCCCC)OC(=O)CCCCCCCCCCCCCCCC. The van der Waals surface area contributed by atoms with E-state index in [2.05, 4.69) is 130 Å². The highest BCUT2D eigenvalue weighted by Crippen LogP contribution is 2.15. The van der Waals surface area contributed by atoms with E-state index in [9.17, 15) is 14.4 Å². The van der Waals surface area contributed by atoms with Crippen LogP contribution in [0.25, 0.3) is 0 Å². The van der Waals surface area contributed by atoms with Crippen LogP contribution in [0.4, 0.5) is 0 Å². The van der Waals surface area contributed by atoms with Gasteiger partial charge >= 0.3 is 17.9 Å². The molecule has 0 heterocycles. The molecule has 416 valence electrons. The van der Waals surface area contributed by atoms with Gasteiger partial charge in [0.25, 0.3) is 0 Å². The van der Waals surface area contributed by atoms with Gasteiger partial charge in [0.05, 0.1) is 0 Å². The van der Waals surface area contributed by atoms with Gasteiger partial charge in [-0.2, -0.15) is 0 Å². The third kappa shape index (κ3) is 58.8. The number of ether oxygens (including phenoxy) is 3. The standard InChI is InChI=1S/C67H112O6/c1-4-7-10-13-16-19-22-24-26-27-28-29-30-31-32-33-34-35-36-37-38-39-40-41-42-44-45-48-51-54-57-60-66(69)72-63-64(62-71-65(68)59-56-53-50-47-21-18-15-12-9-6-3)73-67(70)61-58-55-52-49-46-43-25-23-20-17-14-11-8-5-2/h7,10,16,19,24,26,28-29,31-32,34-35,37-38,40-41,44-45,64H,4-6,8-9,11-15,17-18,20-23,25,27,30,33,36,39,42-43,46-63H2,1-3H3/b10-7-,19-16-,26-24-,29-28-,32-31-,35-34-,38-37-,41-40-,45-44-.